The smallest absolute Gasteiger partial charge is 0.465 e. The number of nitrogens with one attached hydrogen (secondary N) is 1. The van der Waals surface area contributed by atoms with Crippen molar-refractivity contribution in [3.8, 4) is 0 Å². The van der Waals surface area contributed by atoms with E-state index in [-0.39, 0.29) is 17.1 Å². The average molecular weight is 505 g/mol. The summed E-state index contributed by atoms with van der Waals surface area (Å²) in [5.74, 6) is -0.507. The fraction of sp³-hybridized carbons (Fsp3) is 0.480. The van der Waals surface area contributed by atoms with Gasteiger partial charge in [0.05, 0.1) is 43.3 Å². The number of carbonyl (C=O) groups is 2. The fourth-order valence-electron chi connectivity index (χ4n) is 4.14. The van der Waals surface area contributed by atoms with Gasteiger partial charge in [0.15, 0.2) is 0 Å². The molecule has 190 valence electrons. The molecule has 0 atom stereocenters. The van der Waals surface area contributed by atoms with Crippen LogP contribution in [0.2, 0.25) is 0 Å². The van der Waals surface area contributed by atoms with E-state index in [2.05, 4.69) is 14.4 Å². The van der Waals surface area contributed by atoms with Crippen LogP contribution >= 0.6 is 0 Å². The highest BCUT2D eigenvalue weighted by atomic mass is 32.2. The van der Waals surface area contributed by atoms with E-state index in [1.807, 2.05) is 52.0 Å². The van der Waals surface area contributed by atoms with E-state index in [4.69, 9.17) is 4.74 Å². The fourth-order valence-corrected chi connectivity index (χ4v) is 5.56. The van der Waals surface area contributed by atoms with Crippen molar-refractivity contribution >= 4 is 27.8 Å². The minimum atomic E-state index is -3.66. The number of aromatic nitrogens is 1. The summed E-state index contributed by atoms with van der Waals surface area (Å²) in [7, 11) is -2.38. The Kier molecular flexibility index (Phi) is 7.98. The minimum absolute atomic E-state index is 0.00420. The number of esters is 1. The van der Waals surface area contributed by atoms with Gasteiger partial charge in [0.2, 0.25) is 10.0 Å². The summed E-state index contributed by atoms with van der Waals surface area (Å²) >= 11 is 0. The van der Waals surface area contributed by atoms with Crippen molar-refractivity contribution < 1.29 is 27.5 Å². The standard InChI is InChI=1S/C25H34N3O6S/c1-18-7-6-8-21(15-18)28(24(30)34-25(2,3)4)13-11-22(12-14-28)35(31,32)27-17-20-10-9-19(16-26-20)23(29)33-5/h6-10,15-16,22,27H,11-14,17H2,1-5H3/q+1. The molecule has 0 spiro atoms. The monoisotopic (exact) mass is 504 g/mol. The Labute approximate surface area is 207 Å². The molecule has 3 rings (SSSR count). The predicted octanol–water partition coefficient (Wildman–Crippen LogP) is 3.70. The summed E-state index contributed by atoms with van der Waals surface area (Å²) in [5, 5.41) is -0.643. The Morgan fingerprint density at radius 2 is 1.83 bits per heavy atom. The average Bonchev–Trinajstić information content (AvgIpc) is 2.81. The molecule has 0 unspecified atom stereocenters. The first-order valence-electron chi connectivity index (χ1n) is 11.6. The van der Waals surface area contributed by atoms with Crippen molar-refractivity contribution in [2.45, 2.75) is 57.9 Å². The minimum Gasteiger partial charge on any atom is -0.465 e. The molecule has 9 nitrogen and oxygen atoms in total. The molecule has 1 aromatic heterocycles. The summed E-state index contributed by atoms with van der Waals surface area (Å²) in [6, 6.07) is 10.8. The Bertz CT molecular complexity index is 1160. The summed E-state index contributed by atoms with van der Waals surface area (Å²) < 4.78 is 39.1. The second-order valence-electron chi connectivity index (χ2n) is 9.83. The number of aryl methyl sites for hydroxylation is 1. The molecule has 2 heterocycles. The molecule has 2 aromatic rings. The molecule has 0 saturated carbocycles. The van der Waals surface area contributed by atoms with Gasteiger partial charge in [-0.15, -0.1) is 0 Å². The summed E-state index contributed by atoms with van der Waals surface area (Å²) in [6.07, 6.45) is 1.58. The summed E-state index contributed by atoms with van der Waals surface area (Å²) in [4.78, 5) is 29.0. The number of methoxy groups -OCH3 is 1. The predicted molar refractivity (Wildman–Crippen MR) is 133 cm³/mol. The molecule has 35 heavy (non-hydrogen) atoms. The van der Waals surface area contributed by atoms with Gasteiger partial charge in [-0.05, 0) is 51.5 Å². The Morgan fingerprint density at radius 1 is 1.14 bits per heavy atom. The topological polar surface area (TPSA) is 112 Å². The Hall–Kier alpha value is -2.82. The van der Waals surface area contributed by atoms with Gasteiger partial charge in [0, 0.05) is 25.1 Å². The molecule has 10 heteroatoms. The van der Waals surface area contributed by atoms with Crippen molar-refractivity contribution in [1.82, 2.24) is 14.2 Å². The third-order valence-electron chi connectivity index (χ3n) is 6.04. The number of benzene rings is 1. The van der Waals surface area contributed by atoms with Crippen LogP contribution < -0.4 is 9.21 Å². The highest BCUT2D eigenvalue weighted by Crippen LogP contribution is 2.33. The molecule has 1 fully saturated rings. The molecular formula is C25H34N3O6S+. The zero-order chi connectivity index (χ0) is 25.9. The van der Waals surface area contributed by atoms with Gasteiger partial charge >= 0.3 is 12.1 Å². The molecule has 0 radical (unpaired) electrons. The van der Waals surface area contributed by atoms with Gasteiger partial charge in [-0.3, -0.25) is 4.98 Å². The van der Waals surface area contributed by atoms with Crippen molar-refractivity contribution in [2.75, 3.05) is 20.2 Å². The van der Waals surface area contributed by atoms with Crippen LogP contribution in [-0.2, 0) is 26.0 Å². The van der Waals surface area contributed by atoms with Crippen molar-refractivity contribution in [3.63, 3.8) is 0 Å². The number of piperidine rings is 1. The van der Waals surface area contributed by atoms with Crippen LogP contribution in [0, 0.1) is 6.92 Å². The van der Waals surface area contributed by atoms with E-state index in [9.17, 15) is 18.0 Å². The number of sulfonamides is 1. The van der Waals surface area contributed by atoms with Gasteiger partial charge in [-0.1, -0.05) is 12.1 Å². The Morgan fingerprint density at radius 3 is 2.37 bits per heavy atom. The second-order valence-corrected chi connectivity index (χ2v) is 11.9. The maximum absolute atomic E-state index is 13.4. The van der Waals surface area contributed by atoms with Crippen molar-refractivity contribution in [1.29, 1.82) is 0 Å². The van der Waals surface area contributed by atoms with Crippen molar-refractivity contribution in [3.05, 3.63) is 59.4 Å². The van der Waals surface area contributed by atoms with Crippen LogP contribution in [-0.4, -0.2) is 56.5 Å². The first kappa shape index (κ1) is 26.8. The highest BCUT2D eigenvalue weighted by molar-refractivity contribution is 7.90. The van der Waals surface area contributed by atoms with Gasteiger partial charge in [0.25, 0.3) is 0 Å². The maximum atomic E-state index is 13.4. The lowest BCUT2D eigenvalue weighted by Gasteiger charge is -2.40. The zero-order valence-electron chi connectivity index (χ0n) is 20.9. The van der Waals surface area contributed by atoms with E-state index in [1.165, 1.54) is 19.4 Å². The largest absolute Gasteiger partial charge is 0.521 e. The lowest BCUT2D eigenvalue weighted by atomic mass is 10.0. The van der Waals surface area contributed by atoms with Crippen LogP contribution in [0.5, 0.6) is 0 Å². The number of pyridine rings is 1. The van der Waals surface area contributed by atoms with E-state index < -0.39 is 26.8 Å². The van der Waals surface area contributed by atoms with Gasteiger partial charge in [-0.2, -0.15) is 9.28 Å². The van der Waals surface area contributed by atoms with Gasteiger partial charge < -0.3 is 9.47 Å². The maximum Gasteiger partial charge on any atom is 0.521 e. The number of likely N-dealkylation sites (tertiary alicyclic amines) is 1. The number of hydrogen-bond donors (Lipinski definition) is 1. The first-order valence-corrected chi connectivity index (χ1v) is 13.1. The third-order valence-corrected chi connectivity index (χ3v) is 7.94. The van der Waals surface area contributed by atoms with Crippen LogP contribution in [0.3, 0.4) is 0 Å². The number of carbonyl (C=O) groups excluding carboxylic acids is 2. The second kappa shape index (κ2) is 10.4. The molecule has 0 bridgehead atoms. The van der Waals surface area contributed by atoms with Gasteiger partial charge in [0.1, 0.15) is 11.3 Å². The third kappa shape index (κ3) is 6.45. The van der Waals surface area contributed by atoms with Gasteiger partial charge in [-0.25, -0.2) is 17.9 Å². The molecule has 0 aliphatic carbocycles. The lowest BCUT2D eigenvalue weighted by molar-refractivity contribution is 0.0230. The molecule has 1 N–H and O–H groups in total. The molecule has 1 aliphatic rings. The number of nitrogens with zero attached hydrogens (tertiary/aromatic N) is 2. The number of ether oxygens (including phenoxy) is 2. The lowest BCUT2D eigenvalue weighted by Crippen LogP contribution is -2.61. The highest BCUT2D eigenvalue weighted by Gasteiger charge is 2.48. The molecular weight excluding hydrogens is 470 g/mol. The summed E-state index contributed by atoms with van der Waals surface area (Å²) in [6.45, 7) is 8.07. The SMILES string of the molecule is COC(=O)c1ccc(CNS(=O)(=O)C2CC[N+](C(=O)OC(C)(C)C)(c3cccc(C)c3)CC2)nc1. The van der Waals surface area contributed by atoms with E-state index in [1.54, 1.807) is 6.07 Å². The van der Waals surface area contributed by atoms with E-state index in [0.29, 0.717) is 37.2 Å². The molecule has 1 aromatic carbocycles. The summed E-state index contributed by atoms with van der Waals surface area (Å²) in [5.41, 5.74) is 1.94. The first-order chi connectivity index (χ1) is 16.4. The van der Waals surface area contributed by atoms with Crippen LogP contribution in [0.4, 0.5) is 10.5 Å². The number of hydrogen-bond acceptors (Lipinski definition) is 7. The van der Waals surface area contributed by atoms with E-state index >= 15 is 0 Å². The zero-order valence-corrected chi connectivity index (χ0v) is 21.7. The molecule has 1 amide bonds. The molecule has 1 saturated heterocycles. The quantitative estimate of drug-likeness (QED) is 0.472. The number of quaternary nitrogens is 1. The molecule has 1 aliphatic heterocycles. The number of amides is 1. The number of rotatable bonds is 6. The van der Waals surface area contributed by atoms with Crippen LogP contribution in [0.15, 0.2) is 42.6 Å². The normalized spacial score (nSPS) is 20.8. The van der Waals surface area contributed by atoms with Crippen LogP contribution in [0.1, 0.15) is 55.2 Å². The van der Waals surface area contributed by atoms with E-state index in [0.717, 1.165) is 11.3 Å². The van der Waals surface area contributed by atoms with Crippen LogP contribution in [0.25, 0.3) is 0 Å². The Balaban J connectivity index is 1.73. The van der Waals surface area contributed by atoms with Crippen molar-refractivity contribution in [2.24, 2.45) is 0 Å².